The molecule has 174 valence electrons. The van der Waals surface area contributed by atoms with Gasteiger partial charge in [-0.3, -0.25) is 19.4 Å². The molecule has 3 amide bonds. The minimum absolute atomic E-state index is 0.0117. The Hall–Kier alpha value is -3.37. The van der Waals surface area contributed by atoms with Gasteiger partial charge in [0.25, 0.3) is 11.8 Å². The molecule has 0 spiro atoms. The van der Waals surface area contributed by atoms with E-state index in [2.05, 4.69) is 20.5 Å². The van der Waals surface area contributed by atoms with Crippen molar-refractivity contribution in [1.29, 1.82) is 0 Å². The highest BCUT2D eigenvalue weighted by atomic mass is 16.2. The molecule has 2 aromatic heterocycles. The third kappa shape index (κ3) is 3.37. The Balaban J connectivity index is 1.36. The number of nitrogens with two attached hydrogens (primary N) is 1. The summed E-state index contributed by atoms with van der Waals surface area (Å²) in [6.45, 7) is 6.16. The Bertz CT molecular complexity index is 1120. The predicted molar refractivity (Wildman–Crippen MR) is 116 cm³/mol. The highest BCUT2D eigenvalue weighted by Crippen LogP contribution is 2.60. The van der Waals surface area contributed by atoms with E-state index in [0.717, 1.165) is 25.7 Å². The lowest BCUT2D eigenvalue weighted by Gasteiger charge is -2.41. The Labute approximate surface area is 191 Å². The summed E-state index contributed by atoms with van der Waals surface area (Å²) < 4.78 is 1.52. The monoisotopic (exact) mass is 452 g/mol. The van der Waals surface area contributed by atoms with Gasteiger partial charge in [-0.15, -0.1) is 5.10 Å². The van der Waals surface area contributed by atoms with Crippen LogP contribution >= 0.6 is 0 Å². The molecule has 11 heteroatoms. The maximum absolute atomic E-state index is 13.4. The first-order valence-corrected chi connectivity index (χ1v) is 11.3. The van der Waals surface area contributed by atoms with Gasteiger partial charge in [0, 0.05) is 43.2 Å². The Morgan fingerprint density at radius 1 is 1.03 bits per heavy atom. The minimum atomic E-state index is -0.555. The number of primary amides is 1. The van der Waals surface area contributed by atoms with E-state index < -0.39 is 5.91 Å². The summed E-state index contributed by atoms with van der Waals surface area (Å²) in [5, 5.41) is 11.4. The second kappa shape index (κ2) is 7.60. The van der Waals surface area contributed by atoms with Crippen LogP contribution in [0.3, 0.4) is 0 Å². The number of carbonyl (C=O) groups is 3. The van der Waals surface area contributed by atoms with Gasteiger partial charge >= 0.3 is 0 Å². The van der Waals surface area contributed by atoms with Crippen molar-refractivity contribution in [1.82, 2.24) is 35.0 Å². The number of hydrogen-bond acceptors (Lipinski definition) is 7. The quantitative estimate of drug-likeness (QED) is 0.705. The van der Waals surface area contributed by atoms with Gasteiger partial charge in [-0.1, -0.05) is 12.8 Å². The van der Waals surface area contributed by atoms with Crippen LogP contribution in [0.15, 0.2) is 12.3 Å². The fourth-order valence-electron chi connectivity index (χ4n) is 6.15. The summed E-state index contributed by atoms with van der Waals surface area (Å²) in [6, 6.07) is 1.64. The largest absolute Gasteiger partial charge is 0.366 e. The number of aryl methyl sites for hydroxylation is 2. The first-order chi connectivity index (χ1) is 15.7. The van der Waals surface area contributed by atoms with Crippen molar-refractivity contribution >= 4 is 17.7 Å². The van der Waals surface area contributed by atoms with E-state index in [1.165, 1.54) is 10.9 Å². The molecule has 33 heavy (non-hydrogen) atoms. The maximum Gasteiger partial charge on any atom is 0.272 e. The second-order valence-corrected chi connectivity index (χ2v) is 9.81. The van der Waals surface area contributed by atoms with Gasteiger partial charge in [-0.2, -0.15) is 0 Å². The molecule has 4 heterocycles. The summed E-state index contributed by atoms with van der Waals surface area (Å²) in [6.07, 6.45) is 5.58. The van der Waals surface area contributed by atoms with Gasteiger partial charge < -0.3 is 15.5 Å². The van der Waals surface area contributed by atoms with E-state index in [9.17, 15) is 14.4 Å². The molecule has 11 nitrogen and oxygen atoms in total. The van der Waals surface area contributed by atoms with E-state index in [4.69, 9.17) is 5.73 Å². The van der Waals surface area contributed by atoms with E-state index >= 15 is 0 Å². The van der Waals surface area contributed by atoms with Crippen molar-refractivity contribution in [2.24, 2.45) is 16.6 Å². The molecule has 2 saturated heterocycles. The number of rotatable bonds is 4. The maximum atomic E-state index is 13.4. The molecule has 2 atom stereocenters. The van der Waals surface area contributed by atoms with Gasteiger partial charge in [-0.25, -0.2) is 4.68 Å². The lowest BCUT2D eigenvalue weighted by molar-refractivity contribution is -0.131. The molecule has 2 aliphatic heterocycles. The Morgan fingerprint density at radius 2 is 1.67 bits per heavy atom. The molecule has 0 aromatic carbocycles. The first-order valence-electron chi connectivity index (χ1n) is 11.3. The first kappa shape index (κ1) is 21.5. The number of amides is 3. The van der Waals surface area contributed by atoms with Crippen molar-refractivity contribution < 1.29 is 14.4 Å². The molecule has 1 aliphatic carbocycles. The van der Waals surface area contributed by atoms with Crippen molar-refractivity contribution in [3.8, 4) is 0 Å². The molecule has 3 fully saturated rings. The van der Waals surface area contributed by atoms with Gasteiger partial charge in [0.05, 0.1) is 5.56 Å². The SMILES string of the molecule is Cc1cc(C(=O)N2CC34CCCCC3(CN(C(=O)Cn3nnnc3C)C4)C2)ncc1C(N)=O. The molecule has 0 bridgehead atoms. The van der Waals surface area contributed by atoms with Gasteiger partial charge in [0.2, 0.25) is 5.91 Å². The molecule has 0 radical (unpaired) electrons. The molecular formula is C22H28N8O3. The number of hydrogen-bond donors (Lipinski definition) is 1. The number of aromatic nitrogens is 5. The lowest BCUT2D eigenvalue weighted by atomic mass is 9.60. The Morgan fingerprint density at radius 3 is 2.21 bits per heavy atom. The van der Waals surface area contributed by atoms with Crippen LogP contribution in [0, 0.1) is 24.7 Å². The van der Waals surface area contributed by atoms with Crippen molar-refractivity contribution in [2.75, 3.05) is 26.2 Å². The zero-order valence-electron chi connectivity index (χ0n) is 19.0. The summed E-state index contributed by atoms with van der Waals surface area (Å²) in [5.74, 6) is -0.0671. The van der Waals surface area contributed by atoms with Gasteiger partial charge in [0.15, 0.2) is 0 Å². The molecule has 1 saturated carbocycles. The van der Waals surface area contributed by atoms with Gasteiger partial charge in [0.1, 0.15) is 18.1 Å². The topological polar surface area (TPSA) is 140 Å². The van der Waals surface area contributed by atoms with Gasteiger partial charge in [-0.05, 0) is 48.7 Å². The molecule has 2 aromatic rings. The average molecular weight is 453 g/mol. The van der Waals surface area contributed by atoms with Crippen LogP contribution in [0.1, 0.15) is 57.9 Å². The number of pyridine rings is 1. The Kier molecular flexibility index (Phi) is 4.95. The zero-order valence-corrected chi connectivity index (χ0v) is 19.0. The highest BCUT2D eigenvalue weighted by Gasteiger charge is 2.64. The van der Waals surface area contributed by atoms with Crippen LogP contribution in [-0.4, -0.2) is 78.9 Å². The van der Waals surface area contributed by atoms with Crippen molar-refractivity contribution in [3.05, 3.63) is 34.9 Å². The fraction of sp³-hybridized carbons (Fsp3) is 0.591. The molecular weight excluding hydrogens is 424 g/mol. The number of carbonyl (C=O) groups excluding carboxylic acids is 3. The summed E-state index contributed by atoms with van der Waals surface area (Å²) >= 11 is 0. The van der Waals surface area contributed by atoms with E-state index in [1.54, 1.807) is 19.9 Å². The lowest BCUT2D eigenvalue weighted by Crippen LogP contribution is -2.42. The second-order valence-electron chi connectivity index (χ2n) is 9.81. The molecule has 3 aliphatic rings. The minimum Gasteiger partial charge on any atom is -0.366 e. The van der Waals surface area contributed by atoms with Crippen LogP contribution in [0.2, 0.25) is 0 Å². The van der Waals surface area contributed by atoms with Crippen LogP contribution in [0.4, 0.5) is 0 Å². The van der Waals surface area contributed by atoms with E-state index in [0.29, 0.717) is 48.8 Å². The van der Waals surface area contributed by atoms with E-state index in [-0.39, 0.29) is 29.2 Å². The summed E-state index contributed by atoms with van der Waals surface area (Å²) in [5.41, 5.74) is 6.45. The average Bonchev–Trinajstić information content (AvgIpc) is 3.42. The predicted octanol–water partition coefficient (Wildman–Crippen LogP) is 0.329. The van der Waals surface area contributed by atoms with Crippen LogP contribution in [0.25, 0.3) is 0 Å². The summed E-state index contributed by atoms with van der Waals surface area (Å²) in [7, 11) is 0. The zero-order chi connectivity index (χ0) is 23.4. The van der Waals surface area contributed by atoms with Crippen molar-refractivity contribution in [3.63, 3.8) is 0 Å². The third-order valence-corrected chi connectivity index (χ3v) is 7.89. The fourth-order valence-corrected chi connectivity index (χ4v) is 6.15. The van der Waals surface area contributed by atoms with E-state index in [1.807, 2.05) is 9.80 Å². The molecule has 2 N–H and O–H groups in total. The van der Waals surface area contributed by atoms with Crippen molar-refractivity contribution in [2.45, 2.75) is 46.1 Å². The standard InChI is InChI=1S/C22H28N8O3/c1-14-7-17(24-8-16(14)19(23)32)20(33)29-12-21-5-3-4-6-22(21,13-29)11-28(10-21)18(31)9-30-15(2)25-26-27-30/h7-8H,3-6,9-13H2,1-2H3,(H2,23,32). The number of likely N-dealkylation sites (tertiary alicyclic amines) is 2. The van der Waals surface area contributed by atoms with Crippen LogP contribution in [0.5, 0.6) is 0 Å². The highest BCUT2D eigenvalue weighted by molar-refractivity contribution is 5.97. The normalized spacial score (nSPS) is 26.2. The molecule has 5 rings (SSSR count). The third-order valence-electron chi connectivity index (χ3n) is 7.89. The number of nitrogens with zero attached hydrogens (tertiary/aromatic N) is 7. The summed E-state index contributed by atoms with van der Waals surface area (Å²) in [4.78, 5) is 46.0. The number of tetrazole rings is 1. The van der Waals surface area contributed by atoms with Crippen LogP contribution in [-0.2, 0) is 11.3 Å². The van der Waals surface area contributed by atoms with Crippen LogP contribution < -0.4 is 5.73 Å². The smallest absolute Gasteiger partial charge is 0.272 e. The molecule has 2 unspecified atom stereocenters.